The Labute approximate surface area is 330 Å². The molecule has 0 atom stereocenters. The van der Waals surface area contributed by atoms with Crippen LogP contribution in [0.1, 0.15) is 73.9 Å². The van der Waals surface area contributed by atoms with Crippen LogP contribution in [-0.2, 0) is 16.2 Å². The molecule has 3 aliphatic rings. The summed E-state index contributed by atoms with van der Waals surface area (Å²) >= 11 is 0. The van der Waals surface area contributed by atoms with Crippen LogP contribution in [0.15, 0.2) is 176 Å². The summed E-state index contributed by atoms with van der Waals surface area (Å²) in [5, 5.41) is 2.46. The number of rotatable bonds is 4. The van der Waals surface area contributed by atoms with Gasteiger partial charge in [-0.15, -0.1) is 0 Å². The van der Waals surface area contributed by atoms with Crippen LogP contribution in [0.4, 0.5) is 17.1 Å². The van der Waals surface area contributed by atoms with E-state index in [0.29, 0.717) is 0 Å². The third kappa shape index (κ3) is 4.55. The van der Waals surface area contributed by atoms with Crippen molar-refractivity contribution in [2.24, 2.45) is 0 Å². The van der Waals surface area contributed by atoms with Gasteiger partial charge in [0.15, 0.2) is 0 Å². The number of anilines is 3. The summed E-state index contributed by atoms with van der Waals surface area (Å²) in [6, 6.07) is 66.5. The minimum absolute atomic E-state index is 0.0838. The van der Waals surface area contributed by atoms with Crippen LogP contribution in [0.2, 0.25) is 0 Å². The highest BCUT2D eigenvalue weighted by atomic mass is 15.1. The molecular weight excluding hydrogens is 675 g/mol. The van der Waals surface area contributed by atoms with Crippen LogP contribution >= 0.6 is 0 Å². The van der Waals surface area contributed by atoms with Gasteiger partial charge < -0.3 is 4.90 Å². The van der Waals surface area contributed by atoms with Gasteiger partial charge in [0, 0.05) is 16.6 Å². The quantitative estimate of drug-likeness (QED) is 0.175. The Hall–Kier alpha value is -6.18. The molecule has 0 aliphatic heterocycles. The number of hydrogen-bond donors (Lipinski definition) is 0. The Bertz CT molecular complexity index is 2820. The van der Waals surface area contributed by atoms with Crippen molar-refractivity contribution in [3.8, 4) is 33.4 Å². The molecule has 1 spiro atoms. The van der Waals surface area contributed by atoms with Gasteiger partial charge in [-0.1, -0.05) is 173 Å². The molecule has 8 aromatic rings. The second-order valence-electron chi connectivity index (χ2n) is 17.5. The smallest absolute Gasteiger partial charge is 0.0726 e. The topological polar surface area (TPSA) is 3.24 Å². The first-order valence-corrected chi connectivity index (χ1v) is 20.2. The molecule has 0 bridgehead atoms. The van der Waals surface area contributed by atoms with Gasteiger partial charge in [-0.25, -0.2) is 0 Å². The number of hydrogen-bond acceptors (Lipinski definition) is 1. The Balaban J connectivity index is 1.29. The molecule has 0 saturated heterocycles. The number of benzene rings is 8. The Morgan fingerprint density at radius 2 is 0.929 bits per heavy atom. The Kier molecular flexibility index (Phi) is 7.06. The zero-order valence-electron chi connectivity index (χ0n) is 32.6. The van der Waals surface area contributed by atoms with E-state index >= 15 is 0 Å². The van der Waals surface area contributed by atoms with Crippen LogP contribution < -0.4 is 4.90 Å². The van der Waals surface area contributed by atoms with Crippen LogP contribution in [0.5, 0.6) is 0 Å². The van der Waals surface area contributed by atoms with E-state index in [0.717, 1.165) is 5.69 Å². The molecular formula is C55H45N. The van der Waals surface area contributed by atoms with Gasteiger partial charge in [0.2, 0.25) is 0 Å². The molecule has 270 valence electrons. The van der Waals surface area contributed by atoms with Crippen LogP contribution in [0, 0.1) is 0 Å². The summed E-state index contributed by atoms with van der Waals surface area (Å²) < 4.78 is 0. The number of para-hydroxylation sites is 1. The average molecular weight is 720 g/mol. The molecule has 0 fully saturated rings. The van der Waals surface area contributed by atoms with Crippen molar-refractivity contribution in [2.75, 3.05) is 4.90 Å². The summed E-state index contributed by atoms with van der Waals surface area (Å²) in [6.45, 7) is 9.73. The SMILES string of the molecule is CC1(C)CCC(C)(C)c2cc(-c3cc4c(cc3N(c3ccccc3)c3cccc5ccccc35)C3(c5ccccc5-c5ccccc53)c3ccccc3-4)ccc21. The minimum atomic E-state index is -0.449. The predicted octanol–water partition coefficient (Wildman–Crippen LogP) is 14.7. The van der Waals surface area contributed by atoms with E-state index in [4.69, 9.17) is 0 Å². The second-order valence-corrected chi connectivity index (χ2v) is 17.5. The van der Waals surface area contributed by atoms with Crippen molar-refractivity contribution >= 4 is 27.8 Å². The maximum absolute atomic E-state index is 2.58. The van der Waals surface area contributed by atoms with Gasteiger partial charge in [-0.2, -0.15) is 0 Å². The Morgan fingerprint density at radius 3 is 1.61 bits per heavy atom. The van der Waals surface area contributed by atoms with Gasteiger partial charge in [0.25, 0.3) is 0 Å². The molecule has 0 heterocycles. The molecule has 0 unspecified atom stereocenters. The van der Waals surface area contributed by atoms with E-state index in [1.807, 2.05) is 0 Å². The maximum Gasteiger partial charge on any atom is 0.0726 e. The van der Waals surface area contributed by atoms with Crippen molar-refractivity contribution in [1.29, 1.82) is 0 Å². The van der Waals surface area contributed by atoms with E-state index in [-0.39, 0.29) is 10.8 Å². The lowest BCUT2D eigenvalue weighted by molar-refractivity contribution is 0.332. The summed E-state index contributed by atoms with van der Waals surface area (Å²) in [5.74, 6) is 0. The molecule has 0 amide bonds. The predicted molar refractivity (Wildman–Crippen MR) is 236 cm³/mol. The fourth-order valence-electron chi connectivity index (χ4n) is 10.7. The third-order valence-corrected chi connectivity index (χ3v) is 13.5. The number of nitrogens with zero attached hydrogens (tertiary/aromatic N) is 1. The number of fused-ring (bicyclic) bond motifs is 12. The van der Waals surface area contributed by atoms with Crippen molar-refractivity contribution < 1.29 is 0 Å². The van der Waals surface area contributed by atoms with Crippen LogP contribution in [-0.4, -0.2) is 0 Å². The van der Waals surface area contributed by atoms with Crippen LogP contribution in [0.25, 0.3) is 44.2 Å². The van der Waals surface area contributed by atoms with Crippen LogP contribution in [0.3, 0.4) is 0 Å². The fourth-order valence-corrected chi connectivity index (χ4v) is 10.7. The standard InChI is InChI=1S/C55H45N/c1-53(2)31-32-54(3,4)50-33-37(29-30-48(50)53)43-34-44-42-24-12-15-27-47(42)55(45-25-13-10-22-40(45)41-23-11-14-26-46(41)55)49(44)35-52(43)56(38-19-6-5-7-20-38)51-28-16-18-36-17-8-9-21-39(36)51/h5-30,33-35H,31-32H2,1-4H3. The zero-order chi connectivity index (χ0) is 37.8. The summed E-state index contributed by atoms with van der Waals surface area (Å²) in [5.41, 5.74) is 19.4. The highest BCUT2D eigenvalue weighted by Gasteiger charge is 2.52. The van der Waals surface area contributed by atoms with E-state index < -0.39 is 5.41 Å². The van der Waals surface area contributed by atoms with Gasteiger partial charge in [-0.3, -0.25) is 0 Å². The lowest BCUT2D eigenvalue weighted by Gasteiger charge is -2.42. The Morgan fingerprint density at radius 1 is 0.375 bits per heavy atom. The summed E-state index contributed by atoms with van der Waals surface area (Å²) in [4.78, 5) is 2.54. The van der Waals surface area contributed by atoms with Gasteiger partial charge in [0.05, 0.1) is 16.8 Å². The highest BCUT2D eigenvalue weighted by Crippen LogP contribution is 2.64. The van der Waals surface area contributed by atoms with Gasteiger partial charge >= 0.3 is 0 Å². The first-order valence-electron chi connectivity index (χ1n) is 20.2. The largest absolute Gasteiger partial charge is 0.309 e. The molecule has 1 nitrogen and oxygen atoms in total. The van der Waals surface area contributed by atoms with Gasteiger partial charge in [0.1, 0.15) is 0 Å². The molecule has 11 rings (SSSR count). The molecule has 0 aromatic heterocycles. The maximum atomic E-state index is 2.58. The second kappa shape index (κ2) is 11.9. The lowest BCUT2D eigenvalue weighted by atomic mass is 9.63. The van der Waals surface area contributed by atoms with Crippen molar-refractivity contribution in [3.05, 3.63) is 209 Å². The first kappa shape index (κ1) is 33.2. The lowest BCUT2D eigenvalue weighted by Crippen LogP contribution is -2.33. The molecule has 0 saturated carbocycles. The highest BCUT2D eigenvalue weighted by molar-refractivity contribution is 6.04. The third-order valence-electron chi connectivity index (χ3n) is 13.5. The molecule has 3 aliphatic carbocycles. The minimum Gasteiger partial charge on any atom is -0.309 e. The molecule has 0 N–H and O–H groups in total. The molecule has 8 aromatic carbocycles. The average Bonchev–Trinajstić information content (AvgIpc) is 3.70. The summed E-state index contributed by atoms with van der Waals surface area (Å²) in [7, 11) is 0. The first-order chi connectivity index (χ1) is 27.3. The van der Waals surface area contributed by atoms with E-state index in [1.54, 1.807) is 0 Å². The fraction of sp³-hybridized carbons (Fsp3) is 0.164. The molecule has 1 heteroatoms. The molecule has 56 heavy (non-hydrogen) atoms. The van der Waals surface area contributed by atoms with Crippen molar-refractivity contribution in [3.63, 3.8) is 0 Å². The monoisotopic (exact) mass is 719 g/mol. The van der Waals surface area contributed by atoms with Gasteiger partial charge in [-0.05, 0) is 121 Å². The zero-order valence-corrected chi connectivity index (χ0v) is 32.6. The normalized spacial score (nSPS) is 16.1. The van der Waals surface area contributed by atoms with Crippen molar-refractivity contribution in [1.82, 2.24) is 0 Å². The van der Waals surface area contributed by atoms with E-state index in [1.165, 1.54) is 102 Å². The van der Waals surface area contributed by atoms with E-state index in [9.17, 15) is 0 Å². The van der Waals surface area contributed by atoms with Crippen molar-refractivity contribution in [2.45, 2.75) is 56.8 Å². The summed E-state index contributed by atoms with van der Waals surface area (Å²) in [6.07, 6.45) is 2.37. The van der Waals surface area contributed by atoms with E-state index in [2.05, 4.69) is 209 Å². The molecule has 0 radical (unpaired) electrons.